The fourth-order valence-electron chi connectivity index (χ4n) is 2.03. The molecule has 2 aromatic rings. The minimum absolute atomic E-state index is 0.0398. The number of hydrogen-bond acceptors (Lipinski definition) is 2. The standard InChI is InChI=1S/C18H20N2O/c1-3-13-19-18(21)14(2)20-17-11-9-16(10-12-17)15-7-5-4-6-8-15/h3-12,14,20H,1,13H2,2H3,(H,19,21). The van der Waals surface area contributed by atoms with Crippen LogP contribution < -0.4 is 10.6 Å². The fraction of sp³-hybridized carbons (Fsp3) is 0.167. The molecule has 3 nitrogen and oxygen atoms in total. The third-order valence-corrected chi connectivity index (χ3v) is 3.19. The molecule has 0 spiro atoms. The van der Waals surface area contributed by atoms with E-state index >= 15 is 0 Å². The number of carbonyl (C=O) groups excluding carboxylic acids is 1. The predicted molar refractivity (Wildman–Crippen MR) is 88.2 cm³/mol. The molecule has 0 heterocycles. The van der Waals surface area contributed by atoms with Crippen molar-refractivity contribution >= 4 is 11.6 Å². The highest BCUT2D eigenvalue weighted by molar-refractivity contribution is 5.84. The lowest BCUT2D eigenvalue weighted by Gasteiger charge is -2.15. The molecule has 21 heavy (non-hydrogen) atoms. The Morgan fingerprint density at radius 1 is 1.10 bits per heavy atom. The largest absolute Gasteiger partial charge is 0.374 e. The summed E-state index contributed by atoms with van der Waals surface area (Å²) >= 11 is 0. The van der Waals surface area contributed by atoms with E-state index in [2.05, 4.69) is 29.3 Å². The van der Waals surface area contributed by atoms with E-state index in [1.54, 1.807) is 6.08 Å². The lowest BCUT2D eigenvalue weighted by Crippen LogP contribution is -2.37. The van der Waals surface area contributed by atoms with E-state index in [4.69, 9.17) is 0 Å². The van der Waals surface area contributed by atoms with Crippen molar-refractivity contribution in [1.29, 1.82) is 0 Å². The van der Waals surface area contributed by atoms with E-state index in [0.717, 1.165) is 11.3 Å². The van der Waals surface area contributed by atoms with Crippen molar-refractivity contribution in [3.63, 3.8) is 0 Å². The Balaban J connectivity index is 1.99. The van der Waals surface area contributed by atoms with Crippen LogP contribution >= 0.6 is 0 Å². The second-order valence-corrected chi connectivity index (χ2v) is 4.84. The maximum atomic E-state index is 11.8. The Bertz CT molecular complexity index is 590. The summed E-state index contributed by atoms with van der Waals surface area (Å²) in [5.41, 5.74) is 3.27. The maximum Gasteiger partial charge on any atom is 0.242 e. The molecule has 1 amide bonds. The highest BCUT2D eigenvalue weighted by Gasteiger charge is 2.11. The zero-order chi connectivity index (χ0) is 15.1. The van der Waals surface area contributed by atoms with Gasteiger partial charge in [0.2, 0.25) is 5.91 Å². The number of benzene rings is 2. The van der Waals surface area contributed by atoms with Gasteiger partial charge < -0.3 is 10.6 Å². The molecule has 0 aliphatic carbocycles. The lowest BCUT2D eigenvalue weighted by molar-refractivity contribution is -0.121. The molecule has 0 saturated heterocycles. The molecule has 0 bridgehead atoms. The smallest absolute Gasteiger partial charge is 0.242 e. The molecule has 2 N–H and O–H groups in total. The minimum atomic E-state index is -0.285. The number of amides is 1. The number of carbonyl (C=O) groups is 1. The summed E-state index contributed by atoms with van der Waals surface area (Å²) in [6.45, 7) is 5.90. The molecule has 1 unspecified atom stereocenters. The van der Waals surface area contributed by atoms with E-state index in [0.29, 0.717) is 6.54 Å². The zero-order valence-electron chi connectivity index (χ0n) is 12.2. The van der Waals surface area contributed by atoms with E-state index in [1.807, 2.05) is 49.4 Å². The van der Waals surface area contributed by atoms with Gasteiger partial charge in [0, 0.05) is 12.2 Å². The summed E-state index contributed by atoms with van der Waals surface area (Å²) < 4.78 is 0. The minimum Gasteiger partial charge on any atom is -0.374 e. The van der Waals surface area contributed by atoms with Gasteiger partial charge in [0.1, 0.15) is 6.04 Å². The van der Waals surface area contributed by atoms with E-state index in [1.165, 1.54) is 5.56 Å². The van der Waals surface area contributed by atoms with Crippen LogP contribution in [0.4, 0.5) is 5.69 Å². The van der Waals surface area contributed by atoms with Crippen LogP contribution in [0.3, 0.4) is 0 Å². The van der Waals surface area contributed by atoms with Gasteiger partial charge in [0.25, 0.3) is 0 Å². The van der Waals surface area contributed by atoms with Gasteiger partial charge in [-0.15, -0.1) is 6.58 Å². The van der Waals surface area contributed by atoms with Crippen LogP contribution in [0.2, 0.25) is 0 Å². The van der Waals surface area contributed by atoms with Gasteiger partial charge >= 0.3 is 0 Å². The zero-order valence-corrected chi connectivity index (χ0v) is 12.2. The third kappa shape index (κ3) is 4.21. The molecule has 0 aliphatic heterocycles. The van der Waals surface area contributed by atoms with Crippen LogP contribution in [-0.4, -0.2) is 18.5 Å². The van der Waals surface area contributed by atoms with Gasteiger partial charge in [-0.25, -0.2) is 0 Å². The van der Waals surface area contributed by atoms with E-state index in [-0.39, 0.29) is 11.9 Å². The Kier molecular flexibility index (Phi) is 5.16. The monoisotopic (exact) mass is 280 g/mol. The average molecular weight is 280 g/mol. The first-order valence-electron chi connectivity index (χ1n) is 7.01. The van der Waals surface area contributed by atoms with Crippen LogP contribution in [0, 0.1) is 0 Å². The molecule has 0 aliphatic rings. The molecule has 0 radical (unpaired) electrons. The second-order valence-electron chi connectivity index (χ2n) is 4.84. The van der Waals surface area contributed by atoms with Gasteiger partial charge in [-0.05, 0) is 30.2 Å². The Hall–Kier alpha value is -2.55. The molecular formula is C18H20N2O. The van der Waals surface area contributed by atoms with Crippen LogP contribution in [0.25, 0.3) is 11.1 Å². The lowest BCUT2D eigenvalue weighted by atomic mass is 10.1. The van der Waals surface area contributed by atoms with Gasteiger partial charge in [0.05, 0.1) is 0 Å². The summed E-state index contributed by atoms with van der Waals surface area (Å²) in [6, 6.07) is 18.0. The fourth-order valence-corrected chi connectivity index (χ4v) is 2.03. The predicted octanol–water partition coefficient (Wildman–Crippen LogP) is 3.46. The topological polar surface area (TPSA) is 41.1 Å². The first-order chi connectivity index (χ1) is 10.2. The van der Waals surface area contributed by atoms with Crippen molar-refractivity contribution in [2.45, 2.75) is 13.0 Å². The van der Waals surface area contributed by atoms with Gasteiger partial charge in [-0.3, -0.25) is 4.79 Å². The van der Waals surface area contributed by atoms with Crippen molar-refractivity contribution in [2.75, 3.05) is 11.9 Å². The molecule has 0 aromatic heterocycles. The molecule has 0 saturated carbocycles. The molecule has 108 valence electrons. The molecule has 2 rings (SSSR count). The Morgan fingerprint density at radius 2 is 1.71 bits per heavy atom. The molecule has 1 atom stereocenters. The van der Waals surface area contributed by atoms with Crippen molar-refractivity contribution < 1.29 is 4.79 Å². The normalized spacial score (nSPS) is 11.5. The van der Waals surface area contributed by atoms with Crippen molar-refractivity contribution in [1.82, 2.24) is 5.32 Å². The number of hydrogen-bond donors (Lipinski definition) is 2. The quantitative estimate of drug-likeness (QED) is 0.796. The summed E-state index contributed by atoms with van der Waals surface area (Å²) in [7, 11) is 0. The van der Waals surface area contributed by atoms with Crippen LogP contribution in [0.5, 0.6) is 0 Å². The second kappa shape index (κ2) is 7.29. The SMILES string of the molecule is C=CCNC(=O)C(C)Nc1ccc(-c2ccccc2)cc1. The summed E-state index contributed by atoms with van der Waals surface area (Å²) in [5.74, 6) is -0.0398. The maximum absolute atomic E-state index is 11.8. The Labute approximate surface area is 125 Å². The number of nitrogens with one attached hydrogen (secondary N) is 2. The van der Waals surface area contributed by atoms with Gasteiger partial charge in [-0.1, -0.05) is 48.5 Å². The molecule has 0 fully saturated rings. The molecular weight excluding hydrogens is 260 g/mol. The molecule has 3 heteroatoms. The summed E-state index contributed by atoms with van der Waals surface area (Å²) in [4.78, 5) is 11.8. The number of anilines is 1. The summed E-state index contributed by atoms with van der Waals surface area (Å²) in [6.07, 6.45) is 1.67. The average Bonchev–Trinajstić information content (AvgIpc) is 2.54. The highest BCUT2D eigenvalue weighted by atomic mass is 16.2. The highest BCUT2D eigenvalue weighted by Crippen LogP contribution is 2.21. The van der Waals surface area contributed by atoms with Gasteiger partial charge in [-0.2, -0.15) is 0 Å². The van der Waals surface area contributed by atoms with Crippen molar-refractivity contribution in [3.05, 3.63) is 67.3 Å². The van der Waals surface area contributed by atoms with E-state index in [9.17, 15) is 4.79 Å². The third-order valence-electron chi connectivity index (χ3n) is 3.19. The Morgan fingerprint density at radius 3 is 2.33 bits per heavy atom. The van der Waals surface area contributed by atoms with Gasteiger partial charge in [0.15, 0.2) is 0 Å². The van der Waals surface area contributed by atoms with E-state index < -0.39 is 0 Å². The number of rotatable bonds is 6. The van der Waals surface area contributed by atoms with Crippen molar-refractivity contribution in [3.8, 4) is 11.1 Å². The first-order valence-corrected chi connectivity index (χ1v) is 7.01. The van der Waals surface area contributed by atoms with Crippen LogP contribution in [0.15, 0.2) is 67.3 Å². The summed E-state index contributed by atoms with van der Waals surface area (Å²) in [5, 5.41) is 5.95. The van der Waals surface area contributed by atoms with Crippen LogP contribution in [-0.2, 0) is 4.79 Å². The van der Waals surface area contributed by atoms with Crippen LogP contribution in [0.1, 0.15) is 6.92 Å². The van der Waals surface area contributed by atoms with Crippen molar-refractivity contribution in [2.24, 2.45) is 0 Å². The first kappa shape index (κ1) is 14.9. The molecule has 2 aromatic carbocycles.